The second-order valence-electron chi connectivity index (χ2n) is 10.7. The molecule has 0 saturated heterocycles. The number of hydrogen-bond donors (Lipinski definition) is 0. The van der Waals surface area contributed by atoms with E-state index in [4.69, 9.17) is 4.74 Å². The predicted octanol–water partition coefficient (Wildman–Crippen LogP) is 6.91. The van der Waals surface area contributed by atoms with Crippen molar-refractivity contribution in [2.45, 2.75) is 82.3 Å². The molecule has 37 heavy (non-hydrogen) atoms. The molecule has 0 saturated carbocycles. The summed E-state index contributed by atoms with van der Waals surface area (Å²) in [5.74, 6) is -0.368. The maximum absolute atomic E-state index is 13.5. The lowest BCUT2D eigenvalue weighted by atomic mass is 9.96. The standard InChI is InChI=1S/C31H39NO4S/c1-23(2)37(34,35)29-20-14-13-19-27(29)28(21-30(33)36-31(4,5)6)32(22-25-15-9-7-10-16-25)24(3)26-17-11-8-12-18-26/h7-20,23-24,28H,21-22H2,1-6H3/t24-,28+/m0/s1. The Morgan fingerprint density at radius 2 is 1.38 bits per heavy atom. The van der Waals surface area contributed by atoms with Crippen molar-refractivity contribution in [2.75, 3.05) is 0 Å². The van der Waals surface area contributed by atoms with Crippen molar-refractivity contribution in [1.29, 1.82) is 0 Å². The van der Waals surface area contributed by atoms with Crippen LogP contribution in [0.25, 0.3) is 0 Å². The Labute approximate surface area is 222 Å². The highest BCUT2D eigenvalue weighted by atomic mass is 32.2. The second-order valence-corrected chi connectivity index (χ2v) is 13.2. The van der Waals surface area contributed by atoms with Gasteiger partial charge in [0.15, 0.2) is 9.84 Å². The van der Waals surface area contributed by atoms with E-state index >= 15 is 0 Å². The lowest BCUT2D eigenvalue weighted by Crippen LogP contribution is -2.35. The van der Waals surface area contributed by atoms with E-state index in [1.54, 1.807) is 26.0 Å². The summed E-state index contributed by atoms with van der Waals surface area (Å²) in [5.41, 5.74) is 2.11. The topological polar surface area (TPSA) is 63.7 Å². The molecule has 3 aromatic carbocycles. The van der Waals surface area contributed by atoms with E-state index in [9.17, 15) is 13.2 Å². The summed E-state index contributed by atoms with van der Waals surface area (Å²) in [6.07, 6.45) is 0.0197. The van der Waals surface area contributed by atoms with Crippen LogP contribution >= 0.6 is 0 Å². The molecular formula is C31H39NO4S. The van der Waals surface area contributed by atoms with Crippen LogP contribution in [0.15, 0.2) is 89.8 Å². The van der Waals surface area contributed by atoms with Crippen LogP contribution in [0.2, 0.25) is 0 Å². The molecule has 0 bridgehead atoms. The molecular weight excluding hydrogens is 482 g/mol. The first-order valence-corrected chi connectivity index (χ1v) is 14.3. The summed E-state index contributed by atoms with van der Waals surface area (Å²) in [4.78, 5) is 15.7. The number of carbonyl (C=O) groups is 1. The number of ether oxygens (including phenoxy) is 1. The molecule has 0 N–H and O–H groups in total. The van der Waals surface area contributed by atoms with Gasteiger partial charge in [0.1, 0.15) is 5.60 Å². The molecule has 0 spiro atoms. The molecule has 2 atom stereocenters. The fraction of sp³-hybridized carbons (Fsp3) is 0.387. The van der Waals surface area contributed by atoms with Gasteiger partial charge in [-0.25, -0.2) is 8.42 Å². The number of benzene rings is 3. The van der Waals surface area contributed by atoms with Crippen molar-refractivity contribution in [3.05, 3.63) is 102 Å². The molecule has 0 unspecified atom stereocenters. The van der Waals surface area contributed by atoms with Gasteiger partial charge in [-0.05, 0) is 64.3 Å². The van der Waals surface area contributed by atoms with Gasteiger partial charge in [0.25, 0.3) is 0 Å². The molecule has 0 aliphatic rings. The molecule has 3 aromatic rings. The first-order valence-electron chi connectivity index (χ1n) is 12.8. The molecule has 0 heterocycles. The number of nitrogens with zero attached hydrogens (tertiary/aromatic N) is 1. The average Bonchev–Trinajstić information content (AvgIpc) is 2.85. The largest absolute Gasteiger partial charge is 0.460 e. The van der Waals surface area contributed by atoms with Gasteiger partial charge in [0, 0.05) is 18.6 Å². The maximum atomic E-state index is 13.5. The highest BCUT2D eigenvalue weighted by molar-refractivity contribution is 7.92. The van der Waals surface area contributed by atoms with Crippen molar-refractivity contribution >= 4 is 15.8 Å². The Kier molecular flexibility index (Phi) is 9.32. The Morgan fingerprint density at radius 1 is 0.838 bits per heavy atom. The molecule has 198 valence electrons. The predicted molar refractivity (Wildman–Crippen MR) is 149 cm³/mol. The quantitative estimate of drug-likeness (QED) is 0.271. The van der Waals surface area contributed by atoms with Crippen molar-refractivity contribution in [3.8, 4) is 0 Å². The summed E-state index contributed by atoms with van der Waals surface area (Å²) in [6.45, 7) is 11.5. The number of esters is 1. The minimum absolute atomic E-state index is 0.0197. The molecule has 0 aromatic heterocycles. The smallest absolute Gasteiger partial charge is 0.308 e. The lowest BCUT2D eigenvalue weighted by molar-refractivity contribution is -0.156. The zero-order chi connectivity index (χ0) is 27.2. The fourth-order valence-electron chi connectivity index (χ4n) is 4.45. The van der Waals surface area contributed by atoms with Gasteiger partial charge in [-0.15, -0.1) is 0 Å². The summed E-state index contributed by atoms with van der Waals surface area (Å²) >= 11 is 0. The fourth-order valence-corrected chi connectivity index (χ4v) is 5.76. The van der Waals surface area contributed by atoms with Crippen molar-refractivity contribution < 1.29 is 17.9 Å². The molecule has 6 heteroatoms. The van der Waals surface area contributed by atoms with E-state index < -0.39 is 26.7 Å². The lowest BCUT2D eigenvalue weighted by Gasteiger charge is -2.38. The van der Waals surface area contributed by atoms with E-state index in [1.807, 2.05) is 81.4 Å². The third kappa shape index (κ3) is 7.53. The van der Waals surface area contributed by atoms with Crippen molar-refractivity contribution in [3.63, 3.8) is 0 Å². The van der Waals surface area contributed by atoms with Gasteiger partial charge in [-0.1, -0.05) is 78.9 Å². The molecule has 0 amide bonds. The SMILES string of the molecule is CC(C)S(=O)(=O)c1ccccc1[C@@H](CC(=O)OC(C)(C)C)N(Cc1ccccc1)[C@@H](C)c1ccccc1. The number of carbonyl (C=O) groups excluding carboxylic acids is 1. The Balaban J connectivity index is 2.20. The molecule has 0 aliphatic carbocycles. The average molecular weight is 522 g/mol. The maximum Gasteiger partial charge on any atom is 0.308 e. The highest BCUT2D eigenvalue weighted by Crippen LogP contribution is 2.38. The summed E-state index contributed by atoms with van der Waals surface area (Å²) in [7, 11) is -3.60. The Morgan fingerprint density at radius 3 is 1.95 bits per heavy atom. The first kappa shape index (κ1) is 28.6. The molecule has 0 fully saturated rings. The number of rotatable bonds is 10. The van der Waals surface area contributed by atoms with Gasteiger partial charge >= 0.3 is 5.97 Å². The van der Waals surface area contributed by atoms with E-state index in [-0.39, 0.29) is 23.3 Å². The highest BCUT2D eigenvalue weighted by Gasteiger charge is 2.34. The van der Waals surface area contributed by atoms with Crippen LogP contribution in [-0.4, -0.2) is 30.1 Å². The van der Waals surface area contributed by atoms with Gasteiger partial charge in [0.05, 0.1) is 16.6 Å². The van der Waals surface area contributed by atoms with Gasteiger partial charge in [0.2, 0.25) is 0 Å². The van der Waals surface area contributed by atoms with Crippen molar-refractivity contribution in [2.24, 2.45) is 0 Å². The zero-order valence-electron chi connectivity index (χ0n) is 22.7. The van der Waals surface area contributed by atoms with Gasteiger partial charge in [-0.3, -0.25) is 9.69 Å². The first-order chi connectivity index (χ1) is 17.4. The summed E-state index contributed by atoms with van der Waals surface area (Å²) in [5, 5.41) is -0.593. The van der Waals surface area contributed by atoms with E-state index in [0.29, 0.717) is 12.1 Å². The Bertz CT molecular complexity index is 1270. The number of hydrogen-bond acceptors (Lipinski definition) is 5. The van der Waals surface area contributed by atoms with Crippen LogP contribution < -0.4 is 0 Å². The molecule has 0 aliphatic heterocycles. The normalized spacial score (nSPS) is 13.9. The number of sulfone groups is 1. The second kappa shape index (κ2) is 12.1. The van der Waals surface area contributed by atoms with Crippen molar-refractivity contribution in [1.82, 2.24) is 4.90 Å². The van der Waals surface area contributed by atoms with Crippen LogP contribution in [0.1, 0.15) is 76.7 Å². The Hall–Kier alpha value is -2.96. The van der Waals surface area contributed by atoms with Crippen LogP contribution in [0, 0.1) is 0 Å². The monoisotopic (exact) mass is 521 g/mol. The minimum atomic E-state index is -3.60. The molecule has 5 nitrogen and oxygen atoms in total. The molecule has 3 rings (SSSR count). The van der Waals surface area contributed by atoms with Crippen LogP contribution in [0.5, 0.6) is 0 Å². The summed E-state index contributed by atoms with van der Waals surface area (Å²) in [6, 6.07) is 26.5. The van der Waals surface area contributed by atoms with E-state index in [1.165, 1.54) is 0 Å². The zero-order valence-corrected chi connectivity index (χ0v) is 23.5. The van der Waals surface area contributed by atoms with E-state index in [2.05, 4.69) is 24.0 Å². The van der Waals surface area contributed by atoms with Crippen LogP contribution in [0.3, 0.4) is 0 Å². The minimum Gasteiger partial charge on any atom is -0.460 e. The van der Waals surface area contributed by atoms with Crippen LogP contribution in [-0.2, 0) is 25.9 Å². The van der Waals surface area contributed by atoms with Crippen LogP contribution in [0.4, 0.5) is 0 Å². The summed E-state index contributed by atoms with van der Waals surface area (Å²) < 4.78 is 32.6. The third-order valence-corrected chi connectivity index (χ3v) is 8.60. The molecule has 0 radical (unpaired) electrons. The van der Waals surface area contributed by atoms with Gasteiger partial charge in [-0.2, -0.15) is 0 Å². The van der Waals surface area contributed by atoms with E-state index in [0.717, 1.165) is 11.1 Å². The van der Waals surface area contributed by atoms with Gasteiger partial charge < -0.3 is 4.74 Å². The third-order valence-electron chi connectivity index (χ3n) is 6.37.